The second-order valence-electron chi connectivity index (χ2n) is 6.27. The van der Waals surface area contributed by atoms with Crippen LogP contribution in [0.5, 0.6) is 0 Å². The number of aliphatic hydroxyl groups excluding tert-OH is 2. The Kier molecular flexibility index (Phi) is 5.83. The minimum Gasteiger partial charge on any atom is -0.393 e. The highest BCUT2D eigenvalue weighted by atomic mass is 16.5. The summed E-state index contributed by atoms with van der Waals surface area (Å²) < 4.78 is 5.46. The lowest BCUT2D eigenvalue weighted by Gasteiger charge is -2.20. The van der Waals surface area contributed by atoms with E-state index >= 15 is 0 Å². The molecule has 1 aromatic carbocycles. The van der Waals surface area contributed by atoms with Gasteiger partial charge in [0.2, 0.25) is 5.82 Å². The van der Waals surface area contributed by atoms with E-state index in [9.17, 15) is 5.11 Å². The van der Waals surface area contributed by atoms with Crippen molar-refractivity contribution in [3.63, 3.8) is 0 Å². The lowest BCUT2D eigenvalue weighted by molar-refractivity contribution is 0.0956. The highest BCUT2D eigenvalue weighted by Crippen LogP contribution is 2.26. The van der Waals surface area contributed by atoms with Crippen molar-refractivity contribution in [3.05, 3.63) is 47.7 Å². The van der Waals surface area contributed by atoms with E-state index in [-0.39, 0.29) is 6.61 Å². The lowest BCUT2D eigenvalue weighted by atomic mass is 10.1. The molecule has 2 aromatic heterocycles. The molecule has 0 aliphatic carbocycles. The van der Waals surface area contributed by atoms with Crippen molar-refractivity contribution >= 4 is 5.82 Å². The number of aromatic nitrogens is 3. The fourth-order valence-electron chi connectivity index (χ4n) is 2.90. The third kappa shape index (κ3) is 4.15. The first kappa shape index (κ1) is 19.0. The van der Waals surface area contributed by atoms with E-state index in [0.717, 1.165) is 35.7 Å². The molecular formula is C20H24N4O3. The molecule has 142 valence electrons. The number of anilines is 1. The van der Waals surface area contributed by atoms with Crippen LogP contribution in [-0.2, 0) is 0 Å². The summed E-state index contributed by atoms with van der Waals surface area (Å²) in [4.78, 5) is 11.3. The number of nitrogens with zero attached hydrogens (tertiary/aromatic N) is 4. The summed E-state index contributed by atoms with van der Waals surface area (Å²) in [5.41, 5.74) is 3.12. The van der Waals surface area contributed by atoms with E-state index in [1.54, 1.807) is 24.3 Å². The molecular weight excluding hydrogens is 344 g/mol. The molecule has 2 N–H and O–H groups in total. The van der Waals surface area contributed by atoms with Gasteiger partial charge in [0.05, 0.1) is 6.61 Å². The average molecular weight is 368 g/mol. The number of aliphatic hydroxyl groups is 2. The van der Waals surface area contributed by atoms with E-state index in [2.05, 4.69) is 33.9 Å². The maximum absolute atomic E-state index is 9.67. The van der Waals surface area contributed by atoms with Gasteiger partial charge in [0, 0.05) is 29.9 Å². The van der Waals surface area contributed by atoms with Crippen LogP contribution in [-0.4, -0.2) is 45.0 Å². The lowest BCUT2D eigenvalue weighted by Crippen LogP contribution is -2.23. The van der Waals surface area contributed by atoms with Crippen LogP contribution >= 0.6 is 0 Å². The molecule has 7 heteroatoms. The number of hydrogen-bond donors (Lipinski definition) is 2. The number of benzene rings is 1. The highest BCUT2D eigenvalue weighted by molar-refractivity contribution is 5.63. The van der Waals surface area contributed by atoms with Crippen molar-refractivity contribution in [2.75, 3.05) is 24.6 Å². The molecule has 0 radical (unpaired) electrons. The van der Waals surface area contributed by atoms with Gasteiger partial charge < -0.3 is 19.6 Å². The smallest absolute Gasteiger partial charge is 0.258 e. The number of rotatable bonds is 7. The molecule has 3 aromatic rings. The molecule has 2 heterocycles. The van der Waals surface area contributed by atoms with Gasteiger partial charge in [-0.2, -0.15) is 4.98 Å². The van der Waals surface area contributed by atoms with Gasteiger partial charge in [-0.05, 0) is 38.5 Å². The van der Waals surface area contributed by atoms with E-state index in [1.165, 1.54) is 0 Å². The van der Waals surface area contributed by atoms with E-state index in [1.807, 2.05) is 19.1 Å². The maximum Gasteiger partial charge on any atom is 0.258 e. The van der Waals surface area contributed by atoms with E-state index in [4.69, 9.17) is 9.63 Å². The Hall–Kier alpha value is -2.77. The third-order valence-corrected chi connectivity index (χ3v) is 4.43. The summed E-state index contributed by atoms with van der Waals surface area (Å²) in [6, 6.07) is 10.9. The highest BCUT2D eigenvalue weighted by Gasteiger charge is 2.14. The third-order valence-electron chi connectivity index (χ3n) is 4.43. The molecule has 3 rings (SSSR count). The van der Waals surface area contributed by atoms with Crippen LogP contribution in [0, 0.1) is 6.92 Å². The standard InChI is InChI=1S/C20H24N4O3/c1-4-24(5-2)18-11-16(10-13(3)21-18)20-22-19(23-27-20)15-8-6-14(7-9-15)17(26)12-25/h6-11,17,25-26H,4-5,12H2,1-3H3. The van der Waals surface area contributed by atoms with Gasteiger partial charge in [-0.3, -0.25) is 0 Å². The Morgan fingerprint density at radius 2 is 1.74 bits per heavy atom. The van der Waals surface area contributed by atoms with Gasteiger partial charge in [-0.15, -0.1) is 0 Å². The van der Waals surface area contributed by atoms with Crippen LogP contribution in [0.25, 0.3) is 22.8 Å². The molecule has 0 amide bonds. The van der Waals surface area contributed by atoms with Gasteiger partial charge in [0.15, 0.2) is 0 Å². The van der Waals surface area contributed by atoms with Gasteiger partial charge in [0.25, 0.3) is 5.89 Å². The first-order valence-electron chi connectivity index (χ1n) is 9.02. The summed E-state index contributed by atoms with van der Waals surface area (Å²) in [7, 11) is 0. The number of aryl methyl sites for hydroxylation is 1. The van der Waals surface area contributed by atoms with Crippen LogP contribution in [0.2, 0.25) is 0 Å². The first-order valence-corrected chi connectivity index (χ1v) is 9.02. The predicted molar refractivity (Wildman–Crippen MR) is 103 cm³/mol. The van der Waals surface area contributed by atoms with Gasteiger partial charge in [-0.1, -0.05) is 29.4 Å². The van der Waals surface area contributed by atoms with Crippen molar-refractivity contribution in [1.29, 1.82) is 0 Å². The van der Waals surface area contributed by atoms with Crippen LogP contribution in [0.1, 0.15) is 31.2 Å². The fraction of sp³-hybridized carbons (Fsp3) is 0.350. The van der Waals surface area contributed by atoms with Crippen LogP contribution in [0.15, 0.2) is 40.9 Å². The first-order chi connectivity index (χ1) is 13.0. The molecule has 0 aliphatic rings. The Morgan fingerprint density at radius 1 is 1.04 bits per heavy atom. The fourth-order valence-corrected chi connectivity index (χ4v) is 2.90. The van der Waals surface area contributed by atoms with Crippen molar-refractivity contribution in [2.24, 2.45) is 0 Å². The van der Waals surface area contributed by atoms with Crippen LogP contribution in [0.4, 0.5) is 5.82 Å². The zero-order chi connectivity index (χ0) is 19.4. The Labute approximate surface area is 158 Å². The summed E-state index contributed by atoms with van der Waals surface area (Å²) in [6.45, 7) is 7.55. The average Bonchev–Trinajstić information content (AvgIpc) is 3.18. The second-order valence-corrected chi connectivity index (χ2v) is 6.27. The quantitative estimate of drug-likeness (QED) is 0.662. The molecule has 27 heavy (non-hydrogen) atoms. The topological polar surface area (TPSA) is 95.5 Å². The minimum absolute atomic E-state index is 0.317. The zero-order valence-electron chi connectivity index (χ0n) is 15.8. The van der Waals surface area contributed by atoms with Gasteiger partial charge in [-0.25, -0.2) is 4.98 Å². The molecule has 7 nitrogen and oxygen atoms in total. The SMILES string of the molecule is CCN(CC)c1cc(-c2nc(-c3ccc(C(O)CO)cc3)no2)cc(C)n1. The Bertz CT molecular complexity index is 888. The minimum atomic E-state index is -0.891. The van der Waals surface area contributed by atoms with Crippen molar-refractivity contribution in [2.45, 2.75) is 26.9 Å². The molecule has 1 atom stereocenters. The summed E-state index contributed by atoms with van der Waals surface area (Å²) in [6.07, 6.45) is -0.891. The second kappa shape index (κ2) is 8.28. The normalized spacial score (nSPS) is 12.2. The summed E-state index contributed by atoms with van der Waals surface area (Å²) >= 11 is 0. The molecule has 0 bridgehead atoms. The van der Waals surface area contributed by atoms with Gasteiger partial charge in [0.1, 0.15) is 11.9 Å². The number of hydrogen-bond acceptors (Lipinski definition) is 7. The molecule has 0 spiro atoms. The maximum atomic E-state index is 9.67. The van der Waals surface area contributed by atoms with Crippen molar-refractivity contribution < 1.29 is 14.7 Å². The molecule has 0 fully saturated rings. The molecule has 1 unspecified atom stereocenters. The number of pyridine rings is 1. The molecule has 0 saturated heterocycles. The van der Waals surface area contributed by atoms with Gasteiger partial charge >= 0.3 is 0 Å². The van der Waals surface area contributed by atoms with Crippen molar-refractivity contribution in [3.8, 4) is 22.8 Å². The largest absolute Gasteiger partial charge is 0.393 e. The summed E-state index contributed by atoms with van der Waals surface area (Å²) in [5.74, 6) is 1.79. The molecule has 0 saturated carbocycles. The monoisotopic (exact) mass is 368 g/mol. The Balaban J connectivity index is 1.89. The zero-order valence-corrected chi connectivity index (χ0v) is 15.8. The van der Waals surface area contributed by atoms with E-state index < -0.39 is 6.10 Å². The van der Waals surface area contributed by atoms with Crippen molar-refractivity contribution in [1.82, 2.24) is 15.1 Å². The molecule has 0 aliphatic heterocycles. The summed E-state index contributed by atoms with van der Waals surface area (Å²) in [5, 5.41) is 22.8. The van der Waals surface area contributed by atoms with Crippen LogP contribution in [0.3, 0.4) is 0 Å². The van der Waals surface area contributed by atoms with Crippen LogP contribution < -0.4 is 4.90 Å². The van der Waals surface area contributed by atoms with E-state index in [0.29, 0.717) is 17.3 Å². The predicted octanol–water partition coefficient (Wildman–Crippen LogP) is 2.98. The Morgan fingerprint density at radius 3 is 2.37 bits per heavy atom.